The SMILES string of the molecule is O=C(NCCc1ccccn1)Oc1cc(-c2ccccc2)on1. The summed E-state index contributed by atoms with van der Waals surface area (Å²) < 4.78 is 10.2. The van der Waals surface area contributed by atoms with Gasteiger partial charge in [0, 0.05) is 30.4 Å². The summed E-state index contributed by atoms with van der Waals surface area (Å²) in [5.41, 5.74) is 1.77. The average molecular weight is 309 g/mol. The fourth-order valence-electron chi connectivity index (χ4n) is 2.02. The fourth-order valence-corrected chi connectivity index (χ4v) is 2.02. The van der Waals surface area contributed by atoms with Crippen LogP contribution >= 0.6 is 0 Å². The predicted molar refractivity (Wildman–Crippen MR) is 83.9 cm³/mol. The van der Waals surface area contributed by atoms with Gasteiger partial charge in [-0.15, -0.1) is 0 Å². The first-order chi connectivity index (χ1) is 11.3. The molecule has 6 heteroatoms. The second kappa shape index (κ2) is 7.22. The number of ether oxygens (including phenoxy) is 1. The highest BCUT2D eigenvalue weighted by Crippen LogP contribution is 2.23. The van der Waals surface area contributed by atoms with E-state index in [-0.39, 0.29) is 5.88 Å². The van der Waals surface area contributed by atoms with E-state index >= 15 is 0 Å². The van der Waals surface area contributed by atoms with Crippen molar-refractivity contribution in [2.75, 3.05) is 6.54 Å². The lowest BCUT2D eigenvalue weighted by Gasteiger charge is -2.03. The molecule has 1 aromatic carbocycles. The minimum atomic E-state index is -0.575. The van der Waals surface area contributed by atoms with Gasteiger partial charge in [-0.25, -0.2) is 4.79 Å². The van der Waals surface area contributed by atoms with Crippen LogP contribution in [-0.4, -0.2) is 22.8 Å². The van der Waals surface area contributed by atoms with Crippen molar-refractivity contribution >= 4 is 6.09 Å². The zero-order valence-electron chi connectivity index (χ0n) is 12.3. The Bertz CT molecular complexity index is 757. The maximum Gasteiger partial charge on any atom is 0.414 e. The Balaban J connectivity index is 1.49. The average Bonchev–Trinajstić information content (AvgIpc) is 3.05. The molecule has 0 radical (unpaired) electrons. The second-order valence-electron chi connectivity index (χ2n) is 4.78. The van der Waals surface area contributed by atoms with Gasteiger partial charge in [-0.1, -0.05) is 36.4 Å². The quantitative estimate of drug-likeness (QED) is 0.783. The number of carbonyl (C=O) groups is 1. The van der Waals surface area contributed by atoms with E-state index in [0.717, 1.165) is 11.3 Å². The molecule has 1 amide bonds. The maximum atomic E-state index is 11.7. The molecule has 0 aliphatic carbocycles. The van der Waals surface area contributed by atoms with Crippen molar-refractivity contribution in [2.24, 2.45) is 0 Å². The van der Waals surface area contributed by atoms with E-state index in [1.165, 1.54) is 0 Å². The Morgan fingerprint density at radius 1 is 1.13 bits per heavy atom. The van der Waals surface area contributed by atoms with Gasteiger partial charge in [0.2, 0.25) is 0 Å². The lowest BCUT2D eigenvalue weighted by Crippen LogP contribution is -2.29. The van der Waals surface area contributed by atoms with E-state index in [4.69, 9.17) is 9.26 Å². The Labute approximate surface area is 133 Å². The van der Waals surface area contributed by atoms with Crippen LogP contribution in [0.3, 0.4) is 0 Å². The van der Waals surface area contributed by atoms with Gasteiger partial charge in [0.15, 0.2) is 5.76 Å². The van der Waals surface area contributed by atoms with E-state index < -0.39 is 6.09 Å². The van der Waals surface area contributed by atoms with Crippen molar-refractivity contribution in [2.45, 2.75) is 6.42 Å². The van der Waals surface area contributed by atoms with Crippen molar-refractivity contribution in [1.82, 2.24) is 15.5 Å². The van der Waals surface area contributed by atoms with Crippen LogP contribution in [0, 0.1) is 0 Å². The van der Waals surface area contributed by atoms with Gasteiger partial charge in [-0.2, -0.15) is 0 Å². The number of aromatic nitrogens is 2. The fraction of sp³-hybridized carbons (Fsp3) is 0.118. The summed E-state index contributed by atoms with van der Waals surface area (Å²) in [6, 6.07) is 16.7. The first-order valence-electron chi connectivity index (χ1n) is 7.19. The van der Waals surface area contributed by atoms with Gasteiger partial charge in [0.05, 0.1) is 6.07 Å². The second-order valence-corrected chi connectivity index (χ2v) is 4.78. The van der Waals surface area contributed by atoms with E-state index in [1.807, 2.05) is 48.5 Å². The zero-order chi connectivity index (χ0) is 15.9. The summed E-state index contributed by atoms with van der Waals surface area (Å²) >= 11 is 0. The number of benzene rings is 1. The van der Waals surface area contributed by atoms with Gasteiger partial charge >= 0.3 is 6.09 Å². The monoisotopic (exact) mass is 309 g/mol. The van der Waals surface area contributed by atoms with Crippen molar-refractivity contribution in [3.63, 3.8) is 0 Å². The number of carbonyl (C=O) groups excluding carboxylic acids is 1. The molecule has 0 spiro atoms. The van der Waals surface area contributed by atoms with Crippen LogP contribution in [0.15, 0.2) is 65.3 Å². The third kappa shape index (κ3) is 4.16. The summed E-state index contributed by atoms with van der Waals surface area (Å²) in [5.74, 6) is 0.668. The molecule has 6 nitrogen and oxygen atoms in total. The summed E-state index contributed by atoms with van der Waals surface area (Å²) in [6.07, 6.45) is 1.77. The maximum absolute atomic E-state index is 11.7. The Kier molecular flexibility index (Phi) is 4.63. The number of hydrogen-bond acceptors (Lipinski definition) is 5. The zero-order valence-corrected chi connectivity index (χ0v) is 12.3. The molecule has 0 aliphatic rings. The molecule has 0 aliphatic heterocycles. The molecule has 0 bridgehead atoms. The van der Waals surface area contributed by atoms with Gasteiger partial charge in [-0.05, 0) is 17.3 Å². The minimum Gasteiger partial charge on any atom is -0.388 e. The first-order valence-corrected chi connectivity index (χ1v) is 7.19. The van der Waals surface area contributed by atoms with Crippen molar-refractivity contribution < 1.29 is 14.1 Å². The van der Waals surface area contributed by atoms with E-state index in [2.05, 4.69) is 15.5 Å². The molecule has 1 N–H and O–H groups in total. The van der Waals surface area contributed by atoms with Crippen LogP contribution in [0.2, 0.25) is 0 Å². The van der Waals surface area contributed by atoms with Crippen molar-refractivity contribution in [1.29, 1.82) is 0 Å². The molecule has 0 saturated heterocycles. The lowest BCUT2D eigenvalue weighted by atomic mass is 10.2. The van der Waals surface area contributed by atoms with Crippen LogP contribution in [0.5, 0.6) is 5.88 Å². The largest absolute Gasteiger partial charge is 0.414 e. The molecule has 116 valence electrons. The van der Waals surface area contributed by atoms with Gasteiger partial charge < -0.3 is 14.6 Å². The molecule has 0 saturated carbocycles. The first kappa shape index (κ1) is 14.8. The molecule has 0 unspecified atom stereocenters. The lowest BCUT2D eigenvalue weighted by molar-refractivity contribution is 0.196. The molecule has 0 fully saturated rings. The van der Waals surface area contributed by atoms with Crippen molar-refractivity contribution in [3.8, 4) is 17.2 Å². The van der Waals surface area contributed by atoms with E-state index in [9.17, 15) is 4.79 Å². The Morgan fingerprint density at radius 3 is 2.74 bits per heavy atom. The summed E-state index contributed by atoms with van der Waals surface area (Å²) in [6.45, 7) is 0.430. The summed E-state index contributed by atoms with van der Waals surface area (Å²) in [4.78, 5) is 15.9. The predicted octanol–water partition coefficient (Wildman–Crippen LogP) is 3.07. The van der Waals surface area contributed by atoms with Crippen LogP contribution < -0.4 is 10.1 Å². The van der Waals surface area contributed by atoms with Gasteiger partial charge in [0.25, 0.3) is 5.88 Å². The van der Waals surface area contributed by atoms with Crippen molar-refractivity contribution in [3.05, 3.63) is 66.5 Å². The smallest absolute Gasteiger partial charge is 0.388 e. The van der Waals surface area contributed by atoms with Crippen LogP contribution in [-0.2, 0) is 6.42 Å². The molecule has 3 aromatic rings. The van der Waals surface area contributed by atoms with E-state index in [0.29, 0.717) is 18.7 Å². The molecule has 0 atom stereocenters. The van der Waals surface area contributed by atoms with Crippen LogP contribution in [0.25, 0.3) is 11.3 Å². The molecule has 23 heavy (non-hydrogen) atoms. The van der Waals surface area contributed by atoms with Gasteiger partial charge in [0.1, 0.15) is 0 Å². The molecule has 2 aromatic heterocycles. The minimum absolute atomic E-state index is 0.124. The summed E-state index contributed by atoms with van der Waals surface area (Å²) in [7, 11) is 0. The number of pyridine rings is 1. The number of amides is 1. The van der Waals surface area contributed by atoms with Crippen LogP contribution in [0.4, 0.5) is 4.79 Å². The van der Waals surface area contributed by atoms with Crippen LogP contribution in [0.1, 0.15) is 5.69 Å². The number of nitrogens with zero attached hydrogens (tertiary/aromatic N) is 2. The standard InChI is InChI=1S/C17H15N3O3/c21-17(19-11-9-14-8-4-5-10-18-14)22-16-12-15(23-20-16)13-6-2-1-3-7-13/h1-8,10,12H,9,11H2,(H,19,21). The molecular weight excluding hydrogens is 294 g/mol. The van der Waals surface area contributed by atoms with E-state index in [1.54, 1.807) is 12.3 Å². The number of hydrogen-bond donors (Lipinski definition) is 1. The highest BCUT2D eigenvalue weighted by atomic mass is 16.6. The van der Waals surface area contributed by atoms with Gasteiger partial charge in [-0.3, -0.25) is 4.98 Å². The highest BCUT2D eigenvalue weighted by molar-refractivity contribution is 5.70. The highest BCUT2D eigenvalue weighted by Gasteiger charge is 2.11. The normalized spacial score (nSPS) is 10.3. The Morgan fingerprint density at radius 2 is 1.96 bits per heavy atom. The molecular formula is C17H15N3O3. The Hall–Kier alpha value is -3.15. The topological polar surface area (TPSA) is 77.2 Å². The summed E-state index contributed by atoms with van der Waals surface area (Å²) in [5, 5.41) is 6.37. The molecule has 3 rings (SSSR count). The molecule has 2 heterocycles. The number of rotatable bonds is 5. The number of nitrogens with one attached hydrogen (secondary N) is 1. The third-order valence-electron chi connectivity index (χ3n) is 3.12. The third-order valence-corrected chi connectivity index (χ3v) is 3.12.